The van der Waals surface area contributed by atoms with Gasteiger partial charge >= 0.3 is 0 Å². The predicted octanol–water partition coefficient (Wildman–Crippen LogP) is 4.19. The first kappa shape index (κ1) is 18.1. The summed E-state index contributed by atoms with van der Waals surface area (Å²) in [4.78, 5) is 4.38. The standard InChI is InChI=1S/C18H21ClFN3O/c1-18(2,12-4-6-13(20)7-5-12)11-22-17(21)23-14-8-9-16(24-3)15(19)10-14/h4-10H,11H2,1-3H3,(H3,21,22,23). The summed E-state index contributed by atoms with van der Waals surface area (Å²) in [5, 5.41) is 3.48. The zero-order chi connectivity index (χ0) is 17.7. The van der Waals surface area contributed by atoms with Crippen LogP contribution in [0, 0.1) is 5.82 Å². The van der Waals surface area contributed by atoms with Gasteiger partial charge < -0.3 is 15.8 Å². The molecule has 0 spiro atoms. The van der Waals surface area contributed by atoms with Crippen LogP contribution in [0.5, 0.6) is 5.75 Å². The molecule has 0 aliphatic carbocycles. The summed E-state index contributed by atoms with van der Waals surface area (Å²) in [6.07, 6.45) is 0. The number of ether oxygens (including phenoxy) is 1. The first-order valence-corrected chi connectivity index (χ1v) is 7.86. The Balaban J connectivity index is 2.05. The fraction of sp³-hybridized carbons (Fsp3) is 0.278. The van der Waals surface area contributed by atoms with Crippen molar-refractivity contribution in [1.82, 2.24) is 0 Å². The lowest BCUT2D eigenvalue weighted by Crippen LogP contribution is -2.27. The minimum absolute atomic E-state index is 0.254. The Morgan fingerprint density at radius 2 is 1.92 bits per heavy atom. The smallest absolute Gasteiger partial charge is 0.193 e. The third kappa shape index (κ3) is 4.61. The number of hydrogen-bond acceptors (Lipinski definition) is 2. The SMILES string of the molecule is COc1ccc(NC(N)=NCC(C)(C)c2ccc(F)cc2)cc1Cl. The second kappa shape index (κ2) is 7.53. The third-order valence-electron chi connectivity index (χ3n) is 3.69. The van der Waals surface area contributed by atoms with Crippen LogP contribution in [0.25, 0.3) is 0 Å². The molecule has 6 heteroatoms. The fourth-order valence-electron chi connectivity index (χ4n) is 2.21. The van der Waals surface area contributed by atoms with Crippen LogP contribution in [0.2, 0.25) is 5.02 Å². The molecule has 0 radical (unpaired) electrons. The number of methoxy groups -OCH3 is 1. The van der Waals surface area contributed by atoms with E-state index in [0.29, 0.717) is 17.3 Å². The first-order chi connectivity index (χ1) is 11.3. The lowest BCUT2D eigenvalue weighted by Gasteiger charge is -2.23. The molecule has 0 amide bonds. The van der Waals surface area contributed by atoms with Gasteiger partial charge in [-0.1, -0.05) is 37.6 Å². The molecule has 0 atom stereocenters. The van der Waals surface area contributed by atoms with Gasteiger partial charge in [0.2, 0.25) is 0 Å². The number of hydrogen-bond donors (Lipinski definition) is 2. The van der Waals surface area contributed by atoms with E-state index < -0.39 is 0 Å². The van der Waals surface area contributed by atoms with Crippen LogP contribution in [0.1, 0.15) is 19.4 Å². The Morgan fingerprint density at radius 1 is 1.25 bits per heavy atom. The van der Waals surface area contributed by atoms with Gasteiger partial charge in [-0.2, -0.15) is 0 Å². The molecule has 0 aliphatic rings. The molecule has 0 heterocycles. The third-order valence-corrected chi connectivity index (χ3v) is 3.99. The summed E-state index contributed by atoms with van der Waals surface area (Å²) in [5.74, 6) is 0.622. The second-order valence-corrected chi connectivity index (χ2v) is 6.47. The van der Waals surface area contributed by atoms with Crippen LogP contribution in [0.4, 0.5) is 10.1 Å². The van der Waals surface area contributed by atoms with Gasteiger partial charge in [-0.05, 0) is 35.9 Å². The Labute approximate surface area is 146 Å². The van der Waals surface area contributed by atoms with Crippen molar-refractivity contribution in [3.63, 3.8) is 0 Å². The van der Waals surface area contributed by atoms with E-state index in [1.807, 2.05) is 13.8 Å². The van der Waals surface area contributed by atoms with E-state index in [4.69, 9.17) is 22.1 Å². The van der Waals surface area contributed by atoms with Gasteiger partial charge in [0, 0.05) is 11.1 Å². The van der Waals surface area contributed by atoms with Crippen LogP contribution in [-0.4, -0.2) is 19.6 Å². The number of aliphatic imine (C=N–C) groups is 1. The van der Waals surface area contributed by atoms with E-state index in [2.05, 4.69) is 10.3 Å². The van der Waals surface area contributed by atoms with Crippen LogP contribution < -0.4 is 15.8 Å². The molecule has 0 fully saturated rings. The number of benzene rings is 2. The monoisotopic (exact) mass is 349 g/mol. The largest absolute Gasteiger partial charge is 0.495 e. The molecule has 0 aromatic heterocycles. The summed E-state index contributed by atoms with van der Waals surface area (Å²) in [5.41, 5.74) is 7.39. The van der Waals surface area contributed by atoms with E-state index in [0.717, 1.165) is 11.3 Å². The molecule has 0 saturated heterocycles. The second-order valence-electron chi connectivity index (χ2n) is 6.07. The van der Waals surface area contributed by atoms with Crippen molar-refractivity contribution in [2.75, 3.05) is 19.0 Å². The number of nitrogens with one attached hydrogen (secondary N) is 1. The summed E-state index contributed by atoms with van der Waals surface area (Å²) < 4.78 is 18.1. The Bertz CT molecular complexity index is 730. The van der Waals surface area contributed by atoms with E-state index in [1.165, 1.54) is 12.1 Å². The quantitative estimate of drug-likeness (QED) is 0.628. The zero-order valence-electron chi connectivity index (χ0n) is 13.9. The maximum absolute atomic E-state index is 13.0. The molecule has 0 aliphatic heterocycles. The molecule has 0 saturated carbocycles. The van der Waals surface area contributed by atoms with Gasteiger partial charge in [0.25, 0.3) is 0 Å². The summed E-state index contributed by atoms with van der Waals surface area (Å²) in [6.45, 7) is 4.52. The molecule has 128 valence electrons. The van der Waals surface area contributed by atoms with Gasteiger partial charge in [-0.15, -0.1) is 0 Å². The normalized spacial score (nSPS) is 12.1. The highest BCUT2D eigenvalue weighted by molar-refractivity contribution is 6.32. The van der Waals surface area contributed by atoms with E-state index in [-0.39, 0.29) is 17.2 Å². The Kier molecular flexibility index (Phi) is 5.67. The van der Waals surface area contributed by atoms with Crippen LogP contribution in [0.15, 0.2) is 47.5 Å². The number of rotatable bonds is 5. The molecule has 3 N–H and O–H groups in total. The molecule has 2 aromatic carbocycles. The molecule has 0 unspecified atom stereocenters. The molecule has 2 rings (SSSR count). The van der Waals surface area contributed by atoms with Crippen molar-refractivity contribution in [1.29, 1.82) is 0 Å². The molecule has 2 aromatic rings. The zero-order valence-corrected chi connectivity index (χ0v) is 14.7. The van der Waals surface area contributed by atoms with Crippen molar-refractivity contribution < 1.29 is 9.13 Å². The van der Waals surface area contributed by atoms with Crippen LogP contribution in [0.3, 0.4) is 0 Å². The minimum atomic E-state index is -0.266. The summed E-state index contributed by atoms with van der Waals surface area (Å²) in [6, 6.07) is 11.7. The number of guanidine groups is 1. The van der Waals surface area contributed by atoms with Crippen molar-refractivity contribution in [3.8, 4) is 5.75 Å². The molecule has 0 bridgehead atoms. The predicted molar refractivity (Wildman–Crippen MR) is 97.5 cm³/mol. The molecule has 24 heavy (non-hydrogen) atoms. The summed E-state index contributed by atoms with van der Waals surface area (Å²) >= 11 is 6.08. The number of nitrogens with zero attached hydrogens (tertiary/aromatic N) is 1. The fourth-order valence-corrected chi connectivity index (χ4v) is 2.46. The first-order valence-electron chi connectivity index (χ1n) is 7.48. The molecular formula is C18H21ClFN3O. The average molecular weight is 350 g/mol. The Morgan fingerprint density at radius 3 is 2.50 bits per heavy atom. The van der Waals surface area contributed by atoms with Gasteiger partial charge in [0.15, 0.2) is 5.96 Å². The van der Waals surface area contributed by atoms with Gasteiger partial charge in [0.05, 0.1) is 18.7 Å². The lowest BCUT2D eigenvalue weighted by molar-refractivity contribution is 0.415. The number of anilines is 1. The van der Waals surface area contributed by atoms with Gasteiger partial charge in [-0.25, -0.2) is 4.39 Å². The van der Waals surface area contributed by atoms with Gasteiger partial charge in [-0.3, -0.25) is 4.99 Å². The summed E-state index contributed by atoms with van der Waals surface area (Å²) in [7, 11) is 1.56. The molecule has 4 nitrogen and oxygen atoms in total. The van der Waals surface area contributed by atoms with E-state index in [9.17, 15) is 4.39 Å². The molecular weight excluding hydrogens is 329 g/mol. The van der Waals surface area contributed by atoms with Gasteiger partial charge in [0.1, 0.15) is 11.6 Å². The Hall–Kier alpha value is -2.27. The number of nitrogens with two attached hydrogens (primary N) is 1. The van der Waals surface area contributed by atoms with Crippen molar-refractivity contribution in [2.24, 2.45) is 10.7 Å². The number of halogens is 2. The maximum Gasteiger partial charge on any atom is 0.193 e. The highest BCUT2D eigenvalue weighted by atomic mass is 35.5. The van der Waals surface area contributed by atoms with Crippen molar-refractivity contribution >= 4 is 23.2 Å². The maximum atomic E-state index is 13.0. The van der Waals surface area contributed by atoms with E-state index in [1.54, 1.807) is 37.4 Å². The minimum Gasteiger partial charge on any atom is -0.495 e. The topological polar surface area (TPSA) is 59.6 Å². The van der Waals surface area contributed by atoms with Crippen molar-refractivity contribution in [2.45, 2.75) is 19.3 Å². The average Bonchev–Trinajstić information content (AvgIpc) is 2.54. The van der Waals surface area contributed by atoms with Crippen LogP contribution in [-0.2, 0) is 5.41 Å². The highest BCUT2D eigenvalue weighted by Gasteiger charge is 2.20. The highest BCUT2D eigenvalue weighted by Crippen LogP contribution is 2.27. The van der Waals surface area contributed by atoms with Crippen molar-refractivity contribution in [3.05, 3.63) is 58.9 Å². The van der Waals surface area contributed by atoms with E-state index >= 15 is 0 Å². The van der Waals surface area contributed by atoms with Crippen LogP contribution >= 0.6 is 11.6 Å². The lowest BCUT2D eigenvalue weighted by atomic mass is 9.85.